The summed E-state index contributed by atoms with van der Waals surface area (Å²) in [5.41, 5.74) is 3.13. The lowest BCUT2D eigenvalue weighted by molar-refractivity contribution is -0.136. The molecule has 1 aliphatic carbocycles. The molecule has 3 aliphatic heterocycles. The number of hydrogen-bond acceptors (Lipinski definition) is 3. The first-order valence-electron chi connectivity index (χ1n) is 11.6. The molecule has 0 N–H and O–H groups in total. The highest BCUT2D eigenvalue weighted by Crippen LogP contribution is 2.30. The topological polar surface area (TPSA) is 26.8 Å². The lowest BCUT2D eigenvalue weighted by Crippen LogP contribution is -2.52. The zero-order chi connectivity index (χ0) is 18.9. The number of amides is 1. The predicted octanol–water partition coefficient (Wildman–Crippen LogP) is 2.95. The van der Waals surface area contributed by atoms with Crippen molar-refractivity contribution in [2.24, 2.45) is 5.92 Å². The monoisotopic (exact) mass is 381 g/mol. The molecule has 3 fully saturated rings. The quantitative estimate of drug-likeness (QED) is 0.805. The fraction of sp³-hybridized carbons (Fsp3) is 0.708. The van der Waals surface area contributed by atoms with E-state index in [1.807, 2.05) is 0 Å². The molecule has 4 nitrogen and oxygen atoms in total. The van der Waals surface area contributed by atoms with Gasteiger partial charge in [-0.25, -0.2) is 0 Å². The molecule has 0 bridgehead atoms. The van der Waals surface area contributed by atoms with Gasteiger partial charge in [0.25, 0.3) is 0 Å². The molecule has 0 spiro atoms. The van der Waals surface area contributed by atoms with Crippen molar-refractivity contribution >= 4 is 5.91 Å². The Morgan fingerprint density at radius 2 is 1.43 bits per heavy atom. The van der Waals surface area contributed by atoms with E-state index in [-0.39, 0.29) is 5.92 Å². The molecule has 1 aromatic carbocycles. The summed E-state index contributed by atoms with van der Waals surface area (Å²) in [5.74, 6) is 0.706. The Bertz CT molecular complexity index is 666. The smallest absolute Gasteiger partial charge is 0.226 e. The van der Waals surface area contributed by atoms with E-state index in [1.54, 1.807) is 11.1 Å². The van der Waals surface area contributed by atoms with Crippen molar-refractivity contribution in [2.75, 3.05) is 39.3 Å². The van der Waals surface area contributed by atoms with Crippen LogP contribution in [0.1, 0.15) is 49.7 Å². The van der Waals surface area contributed by atoms with Crippen LogP contribution in [-0.4, -0.2) is 72.0 Å². The van der Waals surface area contributed by atoms with Crippen molar-refractivity contribution in [2.45, 2.75) is 63.5 Å². The van der Waals surface area contributed by atoms with Crippen molar-refractivity contribution in [3.8, 4) is 0 Å². The number of fused-ring (bicyclic) bond motifs is 1. The first-order chi connectivity index (χ1) is 13.8. The van der Waals surface area contributed by atoms with Crippen LogP contribution < -0.4 is 0 Å². The molecular formula is C24H35N3O. The van der Waals surface area contributed by atoms with Gasteiger partial charge in [-0.1, -0.05) is 24.3 Å². The molecule has 0 aromatic heterocycles. The van der Waals surface area contributed by atoms with Crippen molar-refractivity contribution in [1.29, 1.82) is 0 Å². The van der Waals surface area contributed by atoms with E-state index in [2.05, 4.69) is 39.0 Å². The average molecular weight is 382 g/mol. The highest BCUT2D eigenvalue weighted by atomic mass is 16.2. The largest absolute Gasteiger partial charge is 0.342 e. The van der Waals surface area contributed by atoms with Gasteiger partial charge in [0.1, 0.15) is 0 Å². The Hall–Kier alpha value is -1.39. The zero-order valence-corrected chi connectivity index (χ0v) is 17.2. The van der Waals surface area contributed by atoms with Gasteiger partial charge in [0.05, 0.1) is 5.92 Å². The number of likely N-dealkylation sites (tertiary alicyclic amines) is 3. The van der Waals surface area contributed by atoms with Crippen molar-refractivity contribution < 1.29 is 4.79 Å². The SMILES string of the molecule is O=C([C@H]1CCCN(C2CCN(C3Cc4ccccc4C3)CC2)C1)N1CCCC1. The maximum Gasteiger partial charge on any atom is 0.226 e. The van der Waals surface area contributed by atoms with E-state index in [0.29, 0.717) is 18.0 Å². The minimum atomic E-state index is 0.259. The Kier molecular flexibility index (Phi) is 5.43. The Morgan fingerprint density at radius 3 is 2.11 bits per heavy atom. The van der Waals surface area contributed by atoms with Gasteiger partial charge < -0.3 is 4.90 Å². The third kappa shape index (κ3) is 3.73. The average Bonchev–Trinajstić information content (AvgIpc) is 3.43. The Morgan fingerprint density at radius 1 is 0.750 bits per heavy atom. The van der Waals surface area contributed by atoms with Gasteiger partial charge in [-0.3, -0.25) is 14.6 Å². The summed E-state index contributed by atoms with van der Waals surface area (Å²) in [6.45, 7) is 6.66. The third-order valence-electron chi connectivity index (χ3n) is 7.78. The minimum absolute atomic E-state index is 0.259. The lowest BCUT2D eigenvalue weighted by Gasteiger charge is -2.43. The van der Waals surface area contributed by atoms with E-state index in [1.165, 1.54) is 64.6 Å². The lowest BCUT2D eigenvalue weighted by atomic mass is 9.92. The molecule has 152 valence electrons. The third-order valence-corrected chi connectivity index (χ3v) is 7.78. The van der Waals surface area contributed by atoms with Gasteiger partial charge in [0, 0.05) is 31.7 Å². The van der Waals surface area contributed by atoms with Crippen LogP contribution >= 0.6 is 0 Å². The van der Waals surface area contributed by atoms with Crippen LogP contribution in [0, 0.1) is 5.92 Å². The van der Waals surface area contributed by atoms with Crippen LogP contribution in [0.3, 0.4) is 0 Å². The number of carbonyl (C=O) groups excluding carboxylic acids is 1. The molecule has 4 aliphatic rings. The van der Waals surface area contributed by atoms with Crippen LogP contribution in [0.25, 0.3) is 0 Å². The maximum atomic E-state index is 12.9. The molecule has 0 saturated carbocycles. The van der Waals surface area contributed by atoms with Gasteiger partial charge in [-0.15, -0.1) is 0 Å². The predicted molar refractivity (Wildman–Crippen MR) is 112 cm³/mol. The number of carbonyl (C=O) groups is 1. The number of benzene rings is 1. The van der Waals surface area contributed by atoms with E-state index in [9.17, 15) is 4.79 Å². The van der Waals surface area contributed by atoms with Crippen molar-refractivity contribution in [3.05, 3.63) is 35.4 Å². The van der Waals surface area contributed by atoms with Crippen LogP contribution in [0.15, 0.2) is 24.3 Å². The highest BCUT2D eigenvalue weighted by Gasteiger charge is 2.35. The summed E-state index contributed by atoms with van der Waals surface area (Å²) in [7, 11) is 0. The molecule has 4 heteroatoms. The Balaban J connectivity index is 1.13. The first-order valence-corrected chi connectivity index (χ1v) is 11.6. The van der Waals surface area contributed by atoms with Gasteiger partial charge in [-0.2, -0.15) is 0 Å². The fourth-order valence-electron chi connectivity index (χ4n) is 6.15. The second-order valence-corrected chi connectivity index (χ2v) is 9.46. The first kappa shape index (κ1) is 18.6. The molecular weight excluding hydrogens is 346 g/mol. The fourth-order valence-corrected chi connectivity index (χ4v) is 6.15. The molecule has 0 radical (unpaired) electrons. The second-order valence-electron chi connectivity index (χ2n) is 9.46. The van der Waals surface area contributed by atoms with Gasteiger partial charge in [0.2, 0.25) is 5.91 Å². The van der Waals surface area contributed by atoms with Gasteiger partial charge >= 0.3 is 0 Å². The molecule has 3 saturated heterocycles. The van der Waals surface area contributed by atoms with E-state index in [0.717, 1.165) is 26.1 Å². The highest BCUT2D eigenvalue weighted by molar-refractivity contribution is 5.79. The van der Waals surface area contributed by atoms with E-state index in [4.69, 9.17) is 0 Å². The molecule has 5 rings (SSSR count). The maximum absolute atomic E-state index is 12.9. The molecule has 3 heterocycles. The number of nitrogens with zero attached hydrogens (tertiary/aromatic N) is 3. The second kappa shape index (κ2) is 8.16. The van der Waals surface area contributed by atoms with Crippen molar-refractivity contribution in [1.82, 2.24) is 14.7 Å². The van der Waals surface area contributed by atoms with Crippen LogP contribution in [-0.2, 0) is 17.6 Å². The summed E-state index contributed by atoms with van der Waals surface area (Å²) >= 11 is 0. The molecule has 1 atom stereocenters. The van der Waals surface area contributed by atoms with Crippen LogP contribution in [0.4, 0.5) is 0 Å². The number of piperidine rings is 2. The standard InChI is InChI=1S/C24H35N3O/c28-24(26-11-3-4-12-26)21-8-5-13-27(18-21)22-9-14-25(15-10-22)23-16-19-6-1-2-7-20(19)17-23/h1-2,6-7,21-23H,3-5,8-18H2/t21-/m0/s1. The summed E-state index contributed by atoms with van der Waals surface area (Å²) < 4.78 is 0. The van der Waals surface area contributed by atoms with Crippen molar-refractivity contribution in [3.63, 3.8) is 0 Å². The number of rotatable bonds is 3. The molecule has 0 unspecified atom stereocenters. The molecule has 28 heavy (non-hydrogen) atoms. The van der Waals surface area contributed by atoms with Gasteiger partial charge in [0.15, 0.2) is 0 Å². The zero-order valence-electron chi connectivity index (χ0n) is 17.2. The van der Waals surface area contributed by atoms with Crippen LogP contribution in [0.2, 0.25) is 0 Å². The van der Waals surface area contributed by atoms with Crippen LogP contribution in [0.5, 0.6) is 0 Å². The Labute approximate surface area is 169 Å². The summed E-state index contributed by atoms with van der Waals surface area (Å²) in [4.78, 5) is 20.4. The molecule has 1 amide bonds. The number of hydrogen-bond donors (Lipinski definition) is 0. The summed E-state index contributed by atoms with van der Waals surface area (Å²) in [5, 5.41) is 0. The van der Waals surface area contributed by atoms with Gasteiger partial charge in [-0.05, 0) is 82.1 Å². The van der Waals surface area contributed by atoms with E-state index >= 15 is 0 Å². The summed E-state index contributed by atoms with van der Waals surface area (Å²) in [6.07, 6.45) is 9.72. The normalized spacial score (nSPS) is 28.0. The molecule has 1 aromatic rings. The van der Waals surface area contributed by atoms with E-state index < -0.39 is 0 Å². The summed E-state index contributed by atoms with van der Waals surface area (Å²) in [6, 6.07) is 10.4. The minimum Gasteiger partial charge on any atom is -0.342 e.